The summed E-state index contributed by atoms with van der Waals surface area (Å²) in [5.74, 6) is -0.775. The van der Waals surface area contributed by atoms with E-state index in [1.54, 1.807) is 12.1 Å². The van der Waals surface area contributed by atoms with Crippen molar-refractivity contribution >= 4 is 39.5 Å². The highest BCUT2D eigenvalue weighted by Crippen LogP contribution is 2.40. The van der Waals surface area contributed by atoms with E-state index in [1.165, 1.54) is 19.6 Å². The average Bonchev–Trinajstić information content (AvgIpc) is 3.06. The Morgan fingerprint density at radius 3 is 2.58 bits per heavy atom. The second-order valence-electron chi connectivity index (χ2n) is 3.98. The maximum atomic E-state index is 11.6. The first-order valence-electron chi connectivity index (χ1n) is 5.46. The van der Waals surface area contributed by atoms with Gasteiger partial charge in [0.2, 0.25) is 0 Å². The summed E-state index contributed by atoms with van der Waals surface area (Å²) in [6, 6.07) is 3.26. The zero-order chi connectivity index (χ0) is 13.6. The predicted molar refractivity (Wildman–Crippen MR) is 68.0 cm³/mol. The maximum absolute atomic E-state index is 11.6. The van der Waals surface area contributed by atoms with Crippen LogP contribution in [0.25, 0.3) is 21.9 Å². The van der Waals surface area contributed by atoms with E-state index in [0.29, 0.717) is 32.5 Å². The third-order valence-electron chi connectivity index (χ3n) is 3.00. The first-order valence-corrected chi connectivity index (χ1v) is 5.84. The molecule has 0 aliphatic rings. The van der Waals surface area contributed by atoms with Gasteiger partial charge in [0.1, 0.15) is 5.58 Å². The van der Waals surface area contributed by atoms with Gasteiger partial charge in [-0.3, -0.25) is 0 Å². The van der Waals surface area contributed by atoms with Crippen molar-refractivity contribution in [2.45, 2.75) is 6.10 Å². The molecule has 0 aliphatic carbocycles. The molecule has 0 spiro atoms. The molecule has 3 aromatic rings. The van der Waals surface area contributed by atoms with Gasteiger partial charge in [0.25, 0.3) is 0 Å². The van der Waals surface area contributed by atoms with Crippen LogP contribution in [-0.4, -0.2) is 18.2 Å². The van der Waals surface area contributed by atoms with Crippen molar-refractivity contribution in [3.05, 3.63) is 35.2 Å². The number of aliphatic hydroxyl groups is 1. The van der Waals surface area contributed by atoms with Gasteiger partial charge in [-0.25, -0.2) is 4.79 Å². The highest BCUT2D eigenvalue weighted by atomic mass is 35.5. The summed E-state index contributed by atoms with van der Waals surface area (Å²) in [6.45, 7) is 0. The number of carbonyl (C=O) groups is 1. The van der Waals surface area contributed by atoms with Crippen molar-refractivity contribution in [3.63, 3.8) is 0 Å². The normalized spacial score (nSPS) is 13.0. The molecule has 1 aromatic carbocycles. The van der Waals surface area contributed by atoms with Gasteiger partial charge in [-0.1, -0.05) is 11.6 Å². The minimum atomic E-state index is -1.46. The van der Waals surface area contributed by atoms with Crippen molar-refractivity contribution in [1.29, 1.82) is 0 Å². The molecule has 2 aromatic heterocycles. The van der Waals surface area contributed by atoms with E-state index in [1.807, 2.05) is 0 Å². The van der Waals surface area contributed by atoms with Gasteiger partial charge in [-0.2, -0.15) is 0 Å². The minimum absolute atomic E-state index is 0.292. The summed E-state index contributed by atoms with van der Waals surface area (Å²) in [6.07, 6.45) is 1.40. The maximum Gasteiger partial charge on any atom is 0.339 e. The van der Waals surface area contributed by atoms with Crippen LogP contribution < -0.4 is 0 Å². The standard InChI is InChI=1S/C13H9ClO5/c1-17-13(16)10(15)8-6-2-4-19-12(6)9(14)7-3-5-18-11(7)8/h2-5,10,15H,1H3. The Bertz CT molecular complexity index is 718. The van der Waals surface area contributed by atoms with Gasteiger partial charge < -0.3 is 18.7 Å². The molecule has 19 heavy (non-hydrogen) atoms. The van der Waals surface area contributed by atoms with E-state index in [4.69, 9.17) is 20.4 Å². The first-order chi connectivity index (χ1) is 9.15. The number of rotatable bonds is 2. The molecule has 0 saturated carbocycles. The number of hydrogen-bond acceptors (Lipinski definition) is 5. The quantitative estimate of drug-likeness (QED) is 0.730. The minimum Gasteiger partial charge on any atom is -0.467 e. The van der Waals surface area contributed by atoms with E-state index in [-0.39, 0.29) is 0 Å². The molecular formula is C13H9ClO5. The molecular weight excluding hydrogens is 272 g/mol. The van der Waals surface area contributed by atoms with Gasteiger partial charge in [0.05, 0.1) is 24.7 Å². The van der Waals surface area contributed by atoms with Crippen LogP contribution in [0.2, 0.25) is 5.02 Å². The third-order valence-corrected chi connectivity index (χ3v) is 3.37. The lowest BCUT2D eigenvalue weighted by Crippen LogP contribution is -2.14. The first kappa shape index (κ1) is 12.1. The van der Waals surface area contributed by atoms with Crippen molar-refractivity contribution in [2.24, 2.45) is 0 Å². The zero-order valence-corrected chi connectivity index (χ0v) is 10.6. The highest BCUT2D eigenvalue weighted by Gasteiger charge is 2.27. The summed E-state index contributed by atoms with van der Waals surface area (Å²) >= 11 is 6.20. The Morgan fingerprint density at radius 2 is 1.89 bits per heavy atom. The van der Waals surface area contributed by atoms with Crippen LogP contribution in [0.1, 0.15) is 11.7 Å². The fourth-order valence-corrected chi connectivity index (χ4v) is 2.42. The average molecular weight is 281 g/mol. The molecule has 0 amide bonds. The second-order valence-corrected chi connectivity index (χ2v) is 4.36. The zero-order valence-electron chi connectivity index (χ0n) is 9.84. The number of halogens is 1. The molecule has 1 atom stereocenters. The van der Waals surface area contributed by atoms with Crippen molar-refractivity contribution in [2.75, 3.05) is 7.11 Å². The Labute approximate surface area is 112 Å². The molecule has 1 unspecified atom stereocenters. The molecule has 5 nitrogen and oxygen atoms in total. The van der Waals surface area contributed by atoms with Gasteiger partial charge in [0.15, 0.2) is 11.7 Å². The van der Waals surface area contributed by atoms with Crippen molar-refractivity contribution in [3.8, 4) is 0 Å². The summed E-state index contributed by atoms with van der Waals surface area (Å²) in [5, 5.41) is 11.6. The summed E-state index contributed by atoms with van der Waals surface area (Å²) in [4.78, 5) is 11.6. The summed E-state index contributed by atoms with van der Waals surface area (Å²) < 4.78 is 15.2. The lowest BCUT2D eigenvalue weighted by molar-refractivity contribution is -0.150. The molecule has 3 rings (SSSR count). The van der Waals surface area contributed by atoms with Crippen LogP contribution in [0.3, 0.4) is 0 Å². The molecule has 6 heteroatoms. The number of esters is 1. The fraction of sp³-hybridized carbons (Fsp3) is 0.154. The van der Waals surface area contributed by atoms with Gasteiger partial charge in [-0.15, -0.1) is 0 Å². The number of benzene rings is 1. The molecule has 0 aliphatic heterocycles. The van der Waals surface area contributed by atoms with E-state index in [2.05, 4.69) is 4.74 Å². The number of aliphatic hydroxyl groups excluding tert-OH is 1. The lowest BCUT2D eigenvalue weighted by Gasteiger charge is -2.11. The third kappa shape index (κ3) is 1.63. The number of methoxy groups -OCH3 is 1. The predicted octanol–water partition coefficient (Wildman–Crippen LogP) is 3.04. The molecule has 98 valence electrons. The monoisotopic (exact) mass is 280 g/mol. The molecule has 0 bridgehead atoms. The van der Waals surface area contributed by atoms with Crippen molar-refractivity contribution < 1.29 is 23.5 Å². The van der Waals surface area contributed by atoms with Crippen LogP contribution in [0.4, 0.5) is 0 Å². The smallest absolute Gasteiger partial charge is 0.339 e. The van der Waals surface area contributed by atoms with Crippen LogP contribution in [0.15, 0.2) is 33.5 Å². The Morgan fingerprint density at radius 1 is 1.26 bits per heavy atom. The Kier molecular flexibility index (Phi) is 2.73. The second kappa shape index (κ2) is 4.29. The van der Waals surface area contributed by atoms with Gasteiger partial charge in [-0.05, 0) is 12.1 Å². The molecule has 0 fully saturated rings. The van der Waals surface area contributed by atoms with E-state index >= 15 is 0 Å². The number of fused-ring (bicyclic) bond motifs is 2. The van der Waals surface area contributed by atoms with Crippen LogP contribution >= 0.6 is 11.6 Å². The fourth-order valence-electron chi connectivity index (χ4n) is 2.13. The molecule has 2 heterocycles. The number of ether oxygens (including phenoxy) is 1. The van der Waals surface area contributed by atoms with Crippen LogP contribution in [0, 0.1) is 0 Å². The largest absolute Gasteiger partial charge is 0.467 e. The van der Waals surface area contributed by atoms with Crippen LogP contribution in [-0.2, 0) is 9.53 Å². The highest BCUT2D eigenvalue weighted by molar-refractivity contribution is 6.40. The van der Waals surface area contributed by atoms with Gasteiger partial charge >= 0.3 is 5.97 Å². The lowest BCUT2D eigenvalue weighted by atomic mass is 10.0. The Hall–Kier alpha value is -1.98. The summed E-state index contributed by atoms with van der Waals surface area (Å²) in [7, 11) is 1.20. The van der Waals surface area contributed by atoms with Gasteiger partial charge in [0, 0.05) is 16.3 Å². The summed E-state index contributed by atoms with van der Waals surface area (Å²) in [5.41, 5.74) is 1.03. The molecule has 1 N–H and O–H groups in total. The number of carbonyl (C=O) groups excluding carboxylic acids is 1. The van der Waals surface area contributed by atoms with Crippen molar-refractivity contribution in [1.82, 2.24) is 0 Å². The topological polar surface area (TPSA) is 72.8 Å². The van der Waals surface area contributed by atoms with E-state index < -0.39 is 12.1 Å². The van der Waals surface area contributed by atoms with E-state index in [9.17, 15) is 9.90 Å². The van der Waals surface area contributed by atoms with E-state index in [0.717, 1.165) is 0 Å². The molecule has 0 saturated heterocycles. The molecule has 0 radical (unpaired) electrons. The Balaban J connectivity index is 2.42. The number of hydrogen-bond donors (Lipinski definition) is 1. The SMILES string of the molecule is COC(=O)C(O)c1c2ccoc2c(Cl)c2ccoc12. The van der Waals surface area contributed by atoms with Crippen LogP contribution in [0.5, 0.6) is 0 Å². The number of furan rings is 2.